The summed E-state index contributed by atoms with van der Waals surface area (Å²) in [6.45, 7) is 8.20. The molecule has 19 heavy (non-hydrogen) atoms. The van der Waals surface area contributed by atoms with Gasteiger partial charge in [-0.1, -0.05) is 63.9 Å². The summed E-state index contributed by atoms with van der Waals surface area (Å²) in [5.74, 6) is 2.17. The minimum absolute atomic E-state index is 0.635. The minimum Gasteiger partial charge on any atom is -0.313 e. The van der Waals surface area contributed by atoms with Crippen LogP contribution in [0.3, 0.4) is 0 Å². The second-order valence-corrected chi connectivity index (χ2v) is 6.54. The number of nitrogens with one attached hydrogen (secondary N) is 1. The van der Waals surface area contributed by atoms with Crippen LogP contribution < -0.4 is 5.32 Å². The quantitative estimate of drug-likeness (QED) is 0.815. The highest BCUT2D eigenvalue weighted by Crippen LogP contribution is 2.27. The number of rotatable bonds is 5. The molecule has 1 nitrogen and oxygen atoms in total. The van der Waals surface area contributed by atoms with Gasteiger partial charge in [0.25, 0.3) is 0 Å². The zero-order chi connectivity index (χ0) is 13.7. The summed E-state index contributed by atoms with van der Waals surface area (Å²) in [5.41, 5.74) is 1.48. The summed E-state index contributed by atoms with van der Waals surface area (Å²) in [6.07, 6.45) is 5.58. The normalized spacial score (nSPS) is 25.5. The Morgan fingerprint density at radius 3 is 2.42 bits per heavy atom. The Kier molecular flexibility index (Phi) is 5.45. The van der Waals surface area contributed by atoms with Gasteiger partial charge >= 0.3 is 0 Å². The molecular formula is C18H29N. The van der Waals surface area contributed by atoms with E-state index in [1.807, 2.05) is 0 Å². The van der Waals surface area contributed by atoms with Crippen LogP contribution in [0.5, 0.6) is 0 Å². The first-order valence-corrected chi connectivity index (χ1v) is 7.97. The third-order valence-corrected chi connectivity index (χ3v) is 4.74. The molecule has 1 fully saturated rings. The second kappa shape index (κ2) is 7.09. The highest BCUT2D eigenvalue weighted by atomic mass is 14.9. The molecule has 0 bridgehead atoms. The molecule has 1 saturated carbocycles. The van der Waals surface area contributed by atoms with Crippen molar-refractivity contribution in [1.29, 1.82) is 0 Å². The highest BCUT2D eigenvalue weighted by Gasteiger charge is 2.23. The molecule has 3 unspecified atom stereocenters. The highest BCUT2D eigenvalue weighted by molar-refractivity contribution is 5.20. The van der Waals surface area contributed by atoms with Crippen LogP contribution in [0.15, 0.2) is 30.3 Å². The molecule has 0 aliphatic heterocycles. The van der Waals surface area contributed by atoms with E-state index in [2.05, 4.69) is 56.4 Å². The molecule has 1 aromatic rings. The van der Waals surface area contributed by atoms with Gasteiger partial charge in [0.15, 0.2) is 0 Å². The van der Waals surface area contributed by atoms with Gasteiger partial charge in [-0.3, -0.25) is 0 Å². The maximum Gasteiger partial charge on any atom is 0.00929 e. The minimum atomic E-state index is 0.635. The van der Waals surface area contributed by atoms with Gasteiger partial charge in [0.05, 0.1) is 0 Å². The van der Waals surface area contributed by atoms with E-state index < -0.39 is 0 Å². The first kappa shape index (κ1) is 14.6. The Labute approximate surface area is 118 Å². The van der Waals surface area contributed by atoms with Crippen molar-refractivity contribution in [3.05, 3.63) is 35.9 Å². The Bertz CT molecular complexity index is 357. The van der Waals surface area contributed by atoms with Crippen molar-refractivity contribution in [3.8, 4) is 0 Å². The molecule has 1 aromatic carbocycles. The van der Waals surface area contributed by atoms with E-state index in [4.69, 9.17) is 0 Å². The summed E-state index contributed by atoms with van der Waals surface area (Å²) in [6, 6.07) is 11.7. The molecule has 106 valence electrons. The van der Waals surface area contributed by atoms with E-state index in [1.54, 1.807) is 0 Å². The Balaban J connectivity index is 1.94. The van der Waals surface area contributed by atoms with Gasteiger partial charge in [0.1, 0.15) is 0 Å². The first-order valence-electron chi connectivity index (χ1n) is 7.97. The second-order valence-electron chi connectivity index (χ2n) is 6.54. The number of hydrogen-bond donors (Lipinski definition) is 1. The first-order chi connectivity index (χ1) is 9.18. The van der Waals surface area contributed by atoms with Crippen LogP contribution in [0.2, 0.25) is 0 Å². The molecule has 0 heterocycles. The summed E-state index contributed by atoms with van der Waals surface area (Å²) in [5, 5.41) is 3.85. The third kappa shape index (κ3) is 4.07. The number of hydrogen-bond acceptors (Lipinski definition) is 1. The van der Waals surface area contributed by atoms with Crippen LogP contribution in [0.1, 0.15) is 57.9 Å². The predicted octanol–water partition coefficient (Wildman–Crippen LogP) is 4.59. The van der Waals surface area contributed by atoms with E-state index in [0.717, 1.165) is 18.5 Å². The zero-order valence-electron chi connectivity index (χ0n) is 12.7. The molecule has 1 aliphatic rings. The largest absolute Gasteiger partial charge is 0.313 e. The lowest BCUT2D eigenvalue weighted by Crippen LogP contribution is -2.40. The van der Waals surface area contributed by atoms with Gasteiger partial charge in [-0.2, -0.15) is 0 Å². The van der Waals surface area contributed by atoms with Crippen molar-refractivity contribution in [2.75, 3.05) is 6.54 Å². The standard InChI is InChI=1S/C18H29N/c1-14(2)17(16-10-5-4-6-11-16)13-19-18-12-8-7-9-15(18)3/h4-6,10-11,14-15,17-19H,7-9,12-13H2,1-3H3. The van der Waals surface area contributed by atoms with Gasteiger partial charge in [-0.05, 0) is 36.2 Å². The van der Waals surface area contributed by atoms with Crippen LogP contribution in [0.4, 0.5) is 0 Å². The SMILES string of the molecule is CC(C)C(CNC1CCCCC1C)c1ccccc1. The molecule has 0 radical (unpaired) electrons. The van der Waals surface area contributed by atoms with E-state index in [9.17, 15) is 0 Å². The smallest absolute Gasteiger partial charge is 0.00929 e. The monoisotopic (exact) mass is 259 g/mol. The molecule has 3 atom stereocenters. The fourth-order valence-electron chi connectivity index (χ4n) is 3.34. The van der Waals surface area contributed by atoms with Crippen molar-refractivity contribution in [3.63, 3.8) is 0 Å². The number of benzene rings is 1. The van der Waals surface area contributed by atoms with Gasteiger partial charge in [0.2, 0.25) is 0 Å². The molecule has 1 N–H and O–H groups in total. The maximum atomic E-state index is 3.85. The molecule has 2 rings (SSSR count). The zero-order valence-corrected chi connectivity index (χ0v) is 12.7. The van der Waals surface area contributed by atoms with Crippen LogP contribution in [-0.4, -0.2) is 12.6 Å². The van der Waals surface area contributed by atoms with Crippen molar-refractivity contribution < 1.29 is 0 Å². The molecular weight excluding hydrogens is 230 g/mol. The average Bonchev–Trinajstić information content (AvgIpc) is 2.42. The van der Waals surface area contributed by atoms with Crippen LogP contribution in [-0.2, 0) is 0 Å². The molecule has 0 spiro atoms. The molecule has 0 amide bonds. The van der Waals surface area contributed by atoms with Gasteiger partial charge in [-0.15, -0.1) is 0 Å². The van der Waals surface area contributed by atoms with Crippen molar-refractivity contribution in [2.24, 2.45) is 11.8 Å². The lowest BCUT2D eigenvalue weighted by atomic mass is 9.84. The molecule has 1 aliphatic carbocycles. The third-order valence-electron chi connectivity index (χ3n) is 4.74. The molecule has 0 saturated heterocycles. The average molecular weight is 259 g/mol. The van der Waals surface area contributed by atoms with E-state index >= 15 is 0 Å². The van der Waals surface area contributed by atoms with Crippen LogP contribution >= 0.6 is 0 Å². The fraction of sp³-hybridized carbons (Fsp3) is 0.667. The summed E-state index contributed by atoms with van der Waals surface area (Å²) < 4.78 is 0. The van der Waals surface area contributed by atoms with E-state index in [1.165, 1.54) is 31.2 Å². The predicted molar refractivity (Wildman–Crippen MR) is 83.4 cm³/mol. The molecule has 1 heteroatoms. The Morgan fingerprint density at radius 1 is 1.11 bits per heavy atom. The van der Waals surface area contributed by atoms with Crippen molar-refractivity contribution >= 4 is 0 Å². The van der Waals surface area contributed by atoms with E-state index in [-0.39, 0.29) is 0 Å². The van der Waals surface area contributed by atoms with Crippen molar-refractivity contribution in [2.45, 2.75) is 58.4 Å². The van der Waals surface area contributed by atoms with Gasteiger partial charge < -0.3 is 5.32 Å². The van der Waals surface area contributed by atoms with Crippen LogP contribution in [0.25, 0.3) is 0 Å². The van der Waals surface area contributed by atoms with Crippen molar-refractivity contribution in [1.82, 2.24) is 5.32 Å². The summed E-state index contributed by atoms with van der Waals surface area (Å²) >= 11 is 0. The summed E-state index contributed by atoms with van der Waals surface area (Å²) in [7, 11) is 0. The maximum absolute atomic E-state index is 3.85. The van der Waals surface area contributed by atoms with Gasteiger partial charge in [-0.25, -0.2) is 0 Å². The lowest BCUT2D eigenvalue weighted by Gasteiger charge is -2.32. The van der Waals surface area contributed by atoms with E-state index in [0.29, 0.717) is 11.8 Å². The summed E-state index contributed by atoms with van der Waals surface area (Å²) in [4.78, 5) is 0. The van der Waals surface area contributed by atoms with Gasteiger partial charge in [0, 0.05) is 12.6 Å². The topological polar surface area (TPSA) is 12.0 Å². The lowest BCUT2D eigenvalue weighted by molar-refractivity contribution is 0.270. The fourth-order valence-corrected chi connectivity index (χ4v) is 3.34. The molecule has 0 aromatic heterocycles. The Hall–Kier alpha value is -0.820. The Morgan fingerprint density at radius 2 is 1.79 bits per heavy atom. The van der Waals surface area contributed by atoms with Crippen LogP contribution in [0, 0.1) is 11.8 Å².